The highest BCUT2D eigenvalue weighted by atomic mass is 35.5. The highest BCUT2D eigenvalue weighted by Gasteiger charge is 2.49. The Morgan fingerprint density at radius 1 is 1.06 bits per heavy atom. The van der Waals surface area contributed by atoms with E-state index in [9.17, 15) is 13.2 Å². The molecule has 0 unspecified atom stereocenters. The number of nitrogens with zero attached hydrogens (tertiary/aromatic N) is 1. The van der Waals surface area contributed by atoms with E-state index in [0.717, 1.165) is 19.3 Å². The van der Waals surface area contributed by atoms with Crippen molar-refractivity contribution in [3.63, 3.8) is 0 Å². The molecule has 2 fully saturated rings. The predicted octanol–water partition coefficient (Wildman–Crippen LogP) is 2.47. The summed E-state index contributed by atoms with van der Waals surface area (Å²) in [4.78, 5) is 1.61. The molecule has 0 amide bonds. The quantitative estimate of drug-likeness (QED) is 0.842. The third kappa shape index (κ3) is 4.16. The second-order valence-corrected chi connectivity index (χ2v) is 4.46. The van der Waals surface area contributed by atoms with Gasteiger partial charge in [0, 0.05) is 26.2 Å². The molecule has 1 atom stereocenters. The average molecular weight is 295 g/mol. The molecule has 1 N–H and O–H groups in total. The molecular formula is C10H19Cl2F3N2. The van der Waals surface area contributed by atoms with Crippen LogP contribution in [0.2, 0.25) is 0 Å². The Kier molecular flexibility index (Phi) is 7.14. The lowest BCUT2D eigenvalue weighted by molar-refractivity contribution is -0.206. The molecule has 0 radical (unpaired) electrons. The van der Waals surface area contributed by atoms with Crippen molar-refractivity contribution < 1.29 is 13.2 Å². The van der Waals surface area contributed by atoms with Gasteiger partial charge in [-0.25, -0.2) is 0 Å². The molecule has 2 rings (SSSR count). The van der Waals surface area contributed by atoms with Crippen molar-refractivity contribution in [1.29, 1.82) is 0 Å². The van der Waals surface area contributed by atoms with Crippen LogP contribution in [0.25, 0.3) is 0 Å². The molecule has 0 aromatic heterocycles. The number of hydrogen-bond acceptors (Lipinski definition) is 2. The van der Waals surface area contributed by atoms with E-state index in [-0.39, 0.29) is 30.7 Å². The predicted molar refractivity (Wildman–Crippen MR) is 66.1 cm³/mol. The molecule has 17 heavy (non-hydrogen) atoms. The highest BCUT2D eigenvalue weighted by molar-refractivity contribution is 5.85. The topological polar surface area (TPSA) is 15.3 Å². The van der Waals surface area contributed by atoms with Crippen LogP contribution in [0.15, 0.2) is 0 Å². The van der Waals surface area contributed by atoms with Gasteiger partial charge in [-0.1, -0.05) is 6.42 Å². The second-order valence-electron chi connectivity index (χ2n) is 4.46. The Bertz CT molecular complexity index is 216. The molecule has 2 aliphatic rings. The van der Waals surface area contributed by atoms with Crippen molar-refractivity contribution in [2.24, 2.45) is 5.92 Å². The van der Waals surface area contributed by atoms with E-state index in [1.807, 2.05) is 0 Å². The Morgan fingerprint density at radius 3 is 1.94 bits per heavy atom. The smallest absolute Gasteiger partial charge is 0.314 e. The zero-order chi connectivity index (χ0) is 10.9. The SMILES string of the molecule is Cl.Cl.FC(F)(F)[C@H](C1CCC1)N1CCNCC1. The molecule has 1 heterocycles. The van der Waals surface area contributed by atoms with Crippen molar-refractivity contribution in [3.8, 4) is 0 Å². The van der Waals surface area contributed by atoms with Crippen molar-refractivity contribution in [3.05, 3.63) is 0 Å². The zero-order valence-corrected chi connectivity index (χ0v) is 11.1. The molecule has 1 aliphatic carbocycles. The first-order valence-electron chi connectivity index (χ1n) is 5.60. The summed E-state index contributed by atoms with van der Waals surface area (Å²) < 4.78 is 38.7. The van der Waals surface area contributed by atoms with E-state index in [0.29, 0.717) is 26.2 Å². The lowest BCUT2D eigenvalue weighted by Gasteiger charge is -2.43. The van der Waals surface area contributed by atoms with E-state index in [2.05, 4.69) is 5.32 Å². The van der Waals surface area contributed by atoms with E-state index in [4.69, 9.17) is 0 Å². The molecule has 0 aromatic rings. The second kappa shape index (κ2) is 7.02. The minimum Gasteiger partial charge on any atom is -0.314 e. The molecule has 2 nitrogen and oxygen atoms in total. The van der Waals surface area contributed by atoms with Gasteiger partial charge in [0.2, 0.25) is 0 Å². The van der Waals surface area contributed by atoms with Crippen LogP contribution in [0, 0.1) is 5.92 Å². The summed E-state index contributed by atoms with van der Waals surface area (Å²) in [5.74, 6) is -0.150. The third-order valence-electron chi connectivity index (χ3n) is 3.48. The maximum absolute atomic E-state index is 12.9. The van der Waals surface area contributed by atoms with Crippen molar-refractivity contribution >= 4 is 24.8 Å². The molecule has 0 bridgehead atoms. The Morgan fingerprint density at radius 2 is 1.59 bits per heavy atom. The zero-order valence-electron chi connectivity index (χ0n) is 9.50. The highest BCUT2D eigenvalue weighted by Crippen LogP contribution is 2.40. The number of alkyl halides is 3. The van der Waals surface area contributed by atoms with Gasteiger partial charge in [0.15, 0.2) is 0 Å². The van der Waals surface area contributed by atoms with Gasteiger partial charge in [0.1, 0.15) is 6.04 Å². The van der Waals surface area contributed by atoms with E-state index in [1.54, 1.807) is 4.90 Å². The average Bonchev–Trinajstić information content (AvgIpc) is 2.10. The first kappa shape index (κ1) is 17.3. The van der Waals surface area contributed by atoms with Gasteiger partial charge >= 0.3 is 6.18 Å². The van der Waals surface area contributed by atoms with Gasteiger partial charge in [-0.3, -0.25) is 4.90 Å². The number of halogens is 5. The largest absolute Gasteiger partial charge is 0.404 e. The van der Waals surface area contributed by atoms with Crippen LogP contribution in [0.1, 0.15) is 19.3 Å². The van der Waals surface area contributed by atoms with Gasteiger partial charge in [-0.2, -0.15) is 13.2 Å². The van der Waals surface area contributed by atoms with Crippen LogP contribution in [0.3, 0.4) is 0 Å². The number of hydrogen-bond donors (Lipinski definition) is 1. The van der Waals surface area contributed by atoms with Crippen molar-refractivity contribution in [2.45, 2.75) is 31.5 Å². The standard InChI is InChI=1S/C10H17F3N2.2ClH/c11-10(12,13)9(8-2-1-3-8)15-6-4-14-5-7-15;;/h8-9,14H,1-7H2;2*1H/t9-;;/m0../s1. The molecule has 1 saturated heterocycles. The van der Waals surface area contributed by atoms with Gasteiger partial charge < -0.3 is 5.32 Å². The summed E-state index contributed by atoms with van der Waals surface area (Å²) in [5.41, 5.74) is 0. The third-order valence-corrected chi connectivity index (χ3v) is 3.48. The van der Waals surface area contributed by atoms with Gasteiger partial charge in [0.05, 0.1) is 0 Å². The molecule has 1 aliphatic heterocycles. The van der Waals surface area contributed by atoms with E-state index >= 15 is 0 Å². The lowest BCUT2D eigenvalue weighted by Crippen LogP contribution is -2.57. The van der Waals surface area contributed by atoms with Gasteiger partial charge in [-0.15, -0.1) is 24.8 Å². The monoisotopic (exact) mass is 294 g/mol. The summed E-state index contributed by atoms with van der Waals surface area (Å²) in [6.07, 6.45) is -1.60. The number of piperazine rings is 1. The van der Waals surface area contributed by atoms with Crippen LogP contribution < -0.4 is 5.32 Å². The fourth-order valence-corrected chi connectivity index (χ4v) is 2.49. The summed E-state index contributed by atoms with van der Waals surface area (Å²) in [5, 5.41) is 3.09. The fourth-order valence-electron chi connectivity index (χ4n) is 2.49. The van der Waals surface area contributed by atoms with Gasteiger partial charge in [-0.05, 0) is 18.8 Å². The van der Waals surface area contributed by atoms with Crippen LogP contribution in [-0.2, 0) is 0 Å². The normalized spacial score (nSPS) is 24.2. The Labute approximate surface area is 112 Å². The maximum Gasteiger partial charge on any atom is 0.404 e. The number of rotatable bonds is 2. The summed E-state index contributed by atoms with van der Waals surface area (Å²) in [7, 11) is 0. The first-order chi connectivity index (χ1) is 7.09. The van der Waals surface area contributed by atoms with Crippen LogP contribution in [-0.4, -0.2) is 43.3 Å². The van der Waals surface area contributed by atoms with Crippen LogP contribution in [0.5, 0.6) is 0 Å². The lowest BCUT2D eigenvalue weighted by atomic mass is 9.78. The number of nitrogens with one attached hydrogen (secondary N) is 1. The molecule has 7 heteroatoms. The Balaban J connectivity index is 0.00000128. The summed E-state index contributed by atoms with van der Waals surface area (Å²) >= 11 is 0. The molecule has 104 valence electrons. The molecular weight excluding hydrogens is 276 g/mol. The minimum atomic E-state index is -4.05. The van der Waals surface area contributed by atoms with Gasteiger partial charge in [0.25, 0.3) is 0 Å². The maximum atomic E-state index is 12.9. The van der Waals surface area contributed by atoms with Crippen molar-refractivity contribution in [2.75, 3.05) is 26.2 Å². The van der Waals surface area contributed by atoms with Crippen LogP contribution >= 0.6 is 24.8 Å². The van der Waals surface area contributed by atoms with E-state index in [1.165, 1.54) is 0 Å². The van der Waals surface area contributed by atoms with E-state index < -0.39 is 12.2 Å². The van der Waals surface area contributed by atoms with Crippen LogP contribution in [0.4, 0.5) is 13.2 Å². The summed E-state index contributed by atoms with van der Waals surface area (Å²) in [6, 6.07) is -1.19. The molecule has 0 spiro atoms. The Hall–Kier alpha value is 0.290. The minimum absolute atomic E-state index is 0. The first-order valence-corrected chi connectivity index (χ1v) is 5.60. The summed E-state index contributed by atoms with van der Waals surface area (Å²) in [6.45, 7) is 2.42. The molecule has 0 aromatic carbocycles. The fraction of sp³-hybridized carbons (Fsp3) is 1.00. The van der Waals surface area contributed by atoms with Crippen molar-refractivity contribution in [1.82, 2.24) is 10.2 Å². The molecule has 1 saturated carbocycles.